The van der Waals surface area contributed by atoms with Crippen molar-refractivity contribution in [1.82, 2.24) is 14.9 Å². The van der Waals surface area contributed by atoms with E-state index in [-0.39, 0.29) is 11.6 Å². The molecular formula is C28H34F2N4O3. The van der Waals surface area contributed by atoms with Crippen LogP contribution < -0.4 is 14.8 Å². The lowest BCUT2D eigenvalue weighted by atomic mass is 9.97. The Bertz CT molecular complexity index is 1270. The number of halogens is 2. The lowest BCUT2D eigenvalue weighted by Gasteiger charge is -2.38. The molecule has 0 aliphatic carbocycles. The SMILES string of the molecule is COc1cc2nc(C)nc(N[C@H](C)c3cccc(C(F)F)c3C)c2cc1OC[C@@H]1CCCN1C1COC1. The second-order valence-electron chi connectivity index (χ2n) is 9.90. The van der Waals surface area contributed by atoms with Crippen LogP contribution in [0.25, 0.3) is 10.9 Å². The van der Waals surface area contributed by atoms with Gasteiger partial charge in [0.25, 0.3) is 6.43 Å². The summed E-state index contributed by atoms with van der Waals surface area (Å²) in [6, 6.07) is 9.36. The van der Waals surface area contributed by atoms with Crippen LogP contribution >= 0.6 is 0 Å². The van der Waals surface area contributed by atoms with Crippen LogP contribution in [0.5, 0.6) is 11.5 Å². The highest BCUT2D eigenvalue weighted by Crippen LogP contribution is 2.37. The van der Waals surface area contributed by atoms with Gasteiger partial charge in [0.2, 0.25) is 0 Å². The van der Waals surface area contributed by atoms with E-state index in [1.807, 2.05) is 32.0 Å². The summed E-state index contributed by atoms with van der Waals surface area (Å²) in [6.07, 6.45) is -0.269. The Morgan fingerprint density at radius 1 is 1.14 bits per heavy atom. The van der Waals surface area contributed by atoms with Gasteiger partial charge in [-0.1, -0.05) is 18.2 Å². The molecule has 1 N–H and O–H groups in total. The third kappa shape index (κ3) is 5.20. The molecule has 0 saturated carbocycles. The molecule has 3 aromatic rings. The summed E-state index contributed by atoms with van der Waals surface area (Å²) >= 11 is 0. The third-order valence-corrected chi connectivity index (χ3v) is 7.51. The molecule has 2 aliphatic rings. The molecule has 5 rings (SSSR count). The number of anilines is 1. The summed E-state index contributed by atoms with van der Waals surface area (Å²) in [5.41, 5.74) is 2.15. The van der Waals surface area contributed by atoms with Crippen LogP contribution in [0.2, 0.25) is 0 Å². The third-order valence-electron chi connectivity index (χ3n) is 7.51. The fourth-order valence-electron chi connectivity index (χ4n) is 5.41. The van der Waals surface area contributed by atoms with Gasteiger partial charge >= 0.3 is 0 Å². The number of ether oxygens (including phenoxy) is 3. The summed E-state index contributed by atoms with van der Waals surface area (Å²) in [7, 11) is 1.62. The molecule has 0 spiro atoms. The maximum absolute atomic E-state index is 13.5. The minimum atomic E-state index is -2.52. The number of nitrogens with zero attached hydrogens (tertiary/aromatic N) is 3. The number of alkyl halides is 2. The Balaban J connectivity index is 1.43. The molecule has 2 aliphatic heterocycles. The summed E-state index contributed by atoms with van der Waals surface area (Å²) < 4.78 is 44.3. The van der Waals surface area contributed by atoms with E-state index in [4.69, 9.17) is 14.2 Å². The molecule has 1 aromatic heterocycles. The zero-order valence-corrected chi connectivity index (χ0v) is 21.8. The molecule has 7 nitrogen and oxygen atoms in total. The number of rotatable bonds is 9. The number of hydrogen-bond acceptors (Lipinski definition) is 7. The predicted octanol–water partition coefficient (Wildman–Crippen LogP) is 5.61. The fraction of sp³-hybridized carbons (Fsp3) is 0.500. The first-order valence-corrected chi connectivity index (χ1v) is 12.8. The van der Waals surface area contributed by atoms with Crippen molar-refractivity contribution in [2.24, 2.45) is 0 Å². The second kappa shape index (κ2) is 10.8. The van der Waals surface area contributed by atoms with Gasteiger partial charge in [-0.2, -0.15) is 0 Å². The van der Waals surface area contributed by atoms with E-state index in [0.29, 0.717) is 47.4 Å². The maximum Gasteiger partial charge on any atom is 0.264 e. The molecule has 198 valence electrons. The zero-order chi connectivity index (χ0) is 26.1. The molecular weight excluding hydrogens is 478 g/mol. The van der Waals surface area contributed by atoms with Crippen LogP contribution in [0, 0.1) is 13.8 Å². The van der Waals surface area contributed by atoms with Crippen molar-refractivity contribution in [2.45, 2.75) is 58.2 Å². The van der Waals surface area contributed by atoms with E-state index in [1.165, 1.54) is 6.07 Å². The van der Waals surface area contributed by atoms with Crippen molar-refractivity contribution in [1.29, 1.82) is 0 Å². The van der Waals surface area contributed by atoms with E-state index < -0.39 is 6.43 Å². The van der Waals surface area contributed by atoms with Crippen LogP contribution in [-0.2, 0) is 4.74 Å². The van der Waals surface area contributed by atoms with E-state index in [9.17, 15) is 8.78 Å². The summed E-state index contributed by atoms with van der Waals surface area (Å²) in [5.74, 6) is 2.46. The molecule has 0 amide bonds. The quantitative estimate of drug-likeness (QED) is 0.400. The summed E-state index contributed by atoms with van der Waals surface area (Å²) in [4.78, 5) is 11.8. The Morgan fingerprint density at radius 2 is 1.92 bits per heavy atom. The number of fused-ring (bicyclic) bond motifs is 1. The first-order valence-electron chi connectivity index (χ1n) is 12.8. The molecule has 2 saturated heterocycles. The van der Waals surface area contributed by atoms with Crippen LogP contribution in [0.4, 0.5) is 14.6 Å². The average molecular weight is 513 g/mol. The Hall–Kier alpha value is -3.04. The Kier molecular flexibility index (Phi) is 7.44. The molecule has 2 atom stereocenters. The molecule has 2 fully saturated rings. The standard InChI is InChI=1S/C28H34F2N4O3/c1-16-21(8-5-9-22(16)27(29)30)17(2)31-28-23-11-26(25(35-4)12-24(23)32-18(3)33-28)37-15-19-7-6-10-34(19)20-13-36-14-20/h5,8-9,11-12,17,19-20,27H,6-7,10,13-15H2,1-4H3,(H,31,32,33)/t17-,19+/m1/s1. The van der Waals surface area contributed by atoms with Gasteiger partial charge in [0, 0.05) is 23.1 Å². The normalized spacial score (nSPS) is 19.3. The van der Waals surface area contributed by atoms with Crippen LogP contribution in [0.1, 0.15) is 54.7 Å². The van der Waals surface area contributed by atoms with E-state index >= 15 is 0 Å². The number of benzene rings is 2. The number of aromatic nitrogens is 2. The first-order chi connectivity index (χ1) is 17.9. The van der Waals surface area contributed by atoms with Gasteiger partial charge in [-0.3, -0.25) is 4.90 Å². The maximum atomic E-state index is 13.5. The van der Waals surface area contributed by atoms with Gasteiger partial charge in [-0.15, -0.1) is 0 Å². The average Bonchev–Trinajstić information content (AvgIpc) is 3.28. The Labute approximate surface area is 216 Å². The van der Waals surface area contributed by atoms with Crippen LogP contribution in [0.3, 0.4) is 0 Å². The van der Waals surface area contributed by atoms with E-state index in [1.54, 1.807) is 20.1 Å². The topological polar surface area (TPSA) is 68.7 Å². The van der Waals surface area contributed by atoms with E-state index in [2.05, 4.69) is 20.2 Å². The van der Waals surface area contributed by atoms with Crippen molar-refractivity contribution < 1.29 is 23.0 Å². The van der Waals surface area contributed by atoms with Crippen molar-refractivity contribution >= 4 is 16.7 Å². The highest BCUT2D eigenvalue weighted by molar-refractivity contribution is 5.92. The number of hydrogen-bond donors (Lipinski definition) is 1. The van der Waals surface area contributed by atoms with Gasteiger partial charge < -0.3 is 19.5 Å². The highest BCUT2D eigenvalue weighted by atomic mass is 19.3. The molecule has 2 aromatic carbocycles. The summed E-state index contributed by atoms with van der Waals surface area (Å²) in [6.45, 7) is 8.72. The minimum Gasteiger partial charge on any atom is -0.493 e. The second-order valence-corrected chi connectivity index (χ2v) is 9.90. The van der Waals surface area contributed by atoms with Crippen molar-refractivity contribution in [2.75, 3.05) is 38.8 Å². The highest BCUT2D eigenvalue weighted by Gasteiger charge is 2.35. The number of likely N-dealkylation sites (tertiary alicyclic amines) is 1. The molecule has 0 unspecified atom stereocenters. The molecule has 0 radical (unpaired) electrons. The van der Waals surface area contributed by atoms with Crippen molar-refractivity contribution in [3.8, 4) is 11.5 Å². The molecule has 3 heterocycles. The number of aryl methyl sites for hydroxylation is 1. The lowest BCUT2D eigenvalue weighted by molar-refractivity contribution is -0.0732. The summed E-state index contributed by atoms with van der Waals surface area (Å²) in [5, 5.41) is 4.22. The van der Waals surface area contributed by atoms with Crippen molar-refractivity contribution in [3.05, 3.63) is 52.8 Å². The largest absolute Gasteiger partial charge is 0.493 e. The first kappa shape index (κ1) is 25.6. The van der Waals surface area contributed by atoms with Gasteiger partial charge in [-0.05, 0) is 57.4 Å². The predicted molar refractivity (Wildman–Crippen MR) is 139 cm³/mol. The Morgan fingerprint density at radius 3 is 2.62 bits per heavy atom. The molecule has 9 heteroatoms. The lowest BCUT2D eigenvalue weighted by Crippen LogP contribution is -2.52. The van der Waals surface area contributed by atoms with Crippen LogP contribution in [0.15, 0.2) is 30.3 Å². The van der Waals surface area contributed by atoms with Gasteiger partial charge in [0.15, 0.2) is 11.5 Å². The van der Waals surface area contributed by atoms with Crippen LogP contribution in [-0.4, -0.2) is 60.4 Å². The molecule has 0 bridgehead atoms. The monoisotopic (exact) mass is 512 g/mol. The van der Waals surface area contributed by atoms with Gasteiger partial charge in [-0.25, -0.2) is 18.7 Å². The van der Waals surface area contributed by atoms with Gasteiger partial charge in [0.1, 0.15) is 18.2 Å². The number of nitrogens with one attached hydrogen (secondary N) is 1. The smallest absolute Gasteiger partial charge is 0.264 e. The zero-order valence-electron chi connectivity index (χ0n) is 21.8. The van der Waals surface area contributed by atoms with E-state index in [0.717, 1.165) is 49.1 Å². The molecule has 37 heavy (non-hydrogen) atoms. The van der Waals surface area contributed by atoms with Crippen molar-refractivity contribution in [3.63, 3.8) is 0 Å². The fourth-order valence-corrected chi connectivity index (χ4v) is 5.41. The minimum absolute atomic E-state index is 0.0460. The van der Waals surface area contributed by atoms with Gasteiger partial charge in [0.05, 0.1) is 37.9 Å². The number of methoxy groups -OCH3 is 1.